The van der Waals surface area contributed by atoms with Crippen LogP contribution in [0.25, 0.3) is 105 Å². The maximum atomic E-state index is 11.1. The van der Waals surface area contributed by atoms with E-state index in [2.05, 4.69) is 319 Å². The number of nitrogens with zero attached hydrogens (tertiary/aromatic N) is 2. The Morgan fingerprint density at radius 1 is 0.266 bits per heavy atom. The third-order valence-electron chi connectivity index (χ3n) is 26.1. The van der Waals surface area contributed by atoms with Crippen LogP contribution in [0.15, 0.2) is 467 Å². The normalized spacial score (nSPS) is 13.8. The summed E-state index contributed by atoms with van der Waals surface area (Å²) in [6.07, 6.45) is 0. The van der Waals surface area contributed by atoms with E-state index in [-0.39, 0.29) is 68.1 Å². The van der Waals surface area contributed by atoms with Crippen LogP contribution >= 0.6 is 0 Å². The van der Waals surface area contributed by atoms with Crippen LogP contribution in [0.4, 0.5) is 17.1 Å². The third-order valence-corrected chi connectivity index (χ3v) is 35.4. The highest BCUT2D eigenvalue weighted by Gasteiger charge is 2.48. The summed E-state index contributed by atoms with van der Waals surface area (Å²) < 4.78 is 129. The smallest absolute Gasteiger partial charge is 0.256 e. The van der Waals surface area contributed by atoms with E-state index in [0.29, 0.717) is 27.9 Å². The van der Waals surface area contributed by atoms with Gasteiger partial charge in [-0.25, -0.2) is 0 Å². The molecule has 0 fully saturated rings. The molecular formula is C122H95BN2OSi2. The summed E-state index contributed by atoms with van der Waals surface area (Å²) in [5.74, 6) is 0.840. The highest BCUT2D eigenvalue weighted by Crippen LogP contribution is 2.48. The molecule has 0 aliphatic carbocycles. The van der Waals surface area contributed by atoms with E-state index in [9.17, 15) is 16.4 Å². The topological polar surface area (TPSA) is 17.4 Å². The van der Waals surface area contributed by atoms with E-state index in [0.717, 1.165) is 131 Å². The third kappa shape index (κ3) is 13.8. The van der Waals surface area contributed by atoms with Crippen molar-refractivity contribution >= 4 is 120 Å². The highest BCUT2D eigenvalue weighted by atomic mass is 28.3. The van der Waals surface area contributed by atoms with E-state index < -0.39 is 71.2 Å². The zero-order valence-electron chi connectivity index (χ0n) is 83.9. The summed E-state index contributed by atoms with van der Waals surface area (Å²) in [4.78, 5) is 2.29. The van der Waals surface area contributed by atoms with Gasteiger partial charge in [0.05, 0.1) is 33.2 Å². The van der Waals surface area contributed by atoms with Crippen molar-refractivity contribution < 1.29 is 21.2 Å². The zero-order chi connectivity index (χ0) is 96.7. The molecule has 19 aromatic carbocycles. The molecule has 0 N–H and O–H groups in total. The van der Waals surface area contributed by atoms with Gasteiger partial charge in [-0.3, -0.25) is 0 Å². The van der Waals surface area contributed by atoms with Crippen molar-refractivity contribution in [1.29, 1.82) is 0 Å². The Morgan fingerprint density at radius 2 is 0.695 bits per heavy atom. The first-order valence-corrected chi connectivity index (χ1v) is 47.9. The average Bonchev–Trinajstić information content (AvgIpc) is 1.65. The van der Waals surface area contributed by atoms with Gasteiger partial charge in [0.15, 0.2) is 16.1 Å². The lowest BCUT2D eigenvalue weighted by atomic mass is 9.34. The number of benzene rings is 19. The monoisotopic (exact) mass is 1680 g/mol. The molecule has 2 aliphatic heterocycles. The molecule has 128 heavy (non-hydrogen) atoms. The van der Waals surface area contributed by atoms with Crippen LogP contribution in [0, 0.1) is 0 Å². The number of para-hydroxylation sites is 2. The van der Waals surface area contributed by atoms with Crippen LogP contribution in [0.3, 0.4) is 0 Å². The highest BCUT2D eigenvalue weighted by molar-refractivity contribution is 7.22. The van der Waals surface area contributed by atoms with Gasteiger partial charge in [0.25, 0.3) is 6.71 Å². The fourth-order valence-corrected chi connectivity index (χ4v) is 29.4. The zero-order valence-corrected chi connectivity index (χ0v) is 73.9. The number of hydrogen-bond donors (Lipinski definition) is 0. The molecule has 0 unspecified atom stereocenters. The number of hydrogen-bond acceptors (Lipinski definition) is 2. The van der Waals surface area contributed by atoms with Gasteiger partial charge in [-0.1, -0.05) is 454 Å². The second kappa shape index (κ2) is 32.2. The minimum Gasteiger partial charge on any atom is -0.458 e. The van der Waals surface area contributed by atoms with Gasteiger partial charge in [0.1, 0.15) is 11.5 Å². The van der Waals surface area contributed by atoms with Gasteiger partial charge in [-0.15, -0.1) is 0 Å². The maximum Gasteiger partial charge on any atom is 0.256 e. The molecule has 6 heteroatoms. The van der Waals surface area contributed by atoms with Gasteiger partial charge in [0.2, 0.25) is 0 Å². The van der Waals surface area contributed by atoms with Crippen molar-refractivity contribution in [3.05, 3.63) is 478 Å². The first-order chi connectivity index (χ1) is 67.7. The SMILES string of the molecule is [2H]c1c([2H])c(-c2ccccc2)c([2H])c([Si](c2ccccc2)(c2ccccc2)c2cc(-c3ccc4c(c3)Oc3cc(-n5c6c([2H])c([2H])c([2H])c([2H])c6c6c([2H])c([2H])c([2H])c([2H])c65)cc5c3B4c3ccc(-c4cc(C(C)(C)C)cc(C(C)(C)C)c4)cc3N5c3cc(-c4ccccc4)cc(-c4ccccc4)c3)cc([Si](c3ccccc3)(c3ccccc3)c3ccc(-c4ccccc4)c(-c4ccccc4)c3)c2)c1[2H]. The number of fused-ring (bicyclic) bond motifs is 7. The maximum absolute atomic E-state index is 11.1. The lowest BCUT2D eigenvalue weighted by Crippen LogP contribution is -2.78. The number of ether oxygens (including phenoxy) is 1. The Hall–Kier alpha value is -14.9. The van der Waals surface area contributed by atoms with Crippen molar-refractivity contribution in [2.45, 2.75) is 52.4 Å². The second-order valence-electron chi connectivity index (χ2n) is 35.7. The first kappa shape index (κ1) is 66.6. The fraction of sp³-hybridized carbons (Fsp3) is 0.0656. The molecule has 2 aliphatic rings. The van der Waals surface area contributed by atoms with Crippen molar-refractivity contribution in [3.63, 3.8) is 0 Å². The van der Waals surface area contributed by atoms with Crippen LogP contribution in [-0.4, -0.2) is 27.4 Å². The van der Waals surface area contributed by atoms with E-state index in [4.69, 9.17) is 4.74 Å². The largest absolute Gasteiger partial charge is 0.458 e. The minimum absolute atomic E-state index is 0.0135. The number of aromatic nitrogens is 1. The van der Waals surface area contributed by atoms with E-state index in [1.807, 2.05) is 121 Å². The molecule has 3 nitrogen and oxygen atoms in total. The van der Waals surface area contributed by atoms with Crippen LogP contribution < -0.4 is 67.5 Å². The molecule has 0 radical (unpaired) electrons. The van der Waals surface area contributed by atoms with Gasteiger partial charge < -0.3 is 14.2 Å². The van der Waals surface area contributed by atoms with Crippen LogP contribution in [0.1, 0.15) is 69.1 Å². The van der Waals surface area contributed by atoms with Crippen molar-refractivity contribution in [3.8, 4) is 95.1 Å². The number of rotatable bonds is 17. The molecule has 0 atom stereocenters. The Morgan fingerprint density at radius 3 is 1.20 bits per heavy atom. The van der Waals surface area contributed by atoms with Crippen molar-refractivity contribution in [2.24, 2.45) is 0 Å². The molecule has 0 saturated carbocycles. The van der Waals surface area contributed by atoms with Gasteiger partial charge in [0, 0.05) is 33.9 Å². The Balaban J connectivity index is 0.886. The first-order valence-electron chi connectivity index (χ1n) is 49.9. The molecule has 1 aromatic heterocycles. The van der Waals surface area contributed by atoms with E-state index >= 15 is 0 Å². The van der Waals surface area contributed by atoms with Gasteiger partial charge in [-0.05, 0) is 206 Å². The molecule has 610 valence electrons. The lowest BCUT2D eigenvalue weighted by molar-refractivity contribution is 0.487. The average molecular weight is 1680 g/mol. The number of anilines is 3. The summed E-state index contributed by atoms with van der Waals surface area (Å²) in [6.45, 7) is 12.9. The minimum atomic E-state index is -4.36. The molecule has 22 rings (SSSR count). The lowest BCUT2D eigenvalue weighted by Gasteiger charge is -2.41. The quantitative estimate of drug-likeness (QED) is 0.0668. The van der Waals surface area contributed by atoms with Crippen molar-refractivity contribution in [2.75, 3.05) is 4.90 Å². The Kier molecular flexibility index (Phi) is 16.8. The predicted octanol–water partition coefficient (Wildman–Crippen LogP) is 24.2. The van der Waals surface area contributed by atoms with E-state index in [1.54, 1.807) is 4.57 Å². The molecule has 0 amide bonds. The Bertz CT molecular complexity index is 8120. The predicted molar refractivity (Wildman–Crippen MR) is 549 cm³/mol. The summed E-state index contributed by atoms with van der Waals surface area (Å²) in [5.41, 5.74) is 19.0. The summed E-state index contributed by atoms with van der Waals surface area (Å²) in [6, 6.07) is 134. The fourth-order valence-electron chi connectivity index (χ4n) is 19.9. The molecule has 3 heterocycles. The summed E-state index contributed by atoms with van der Waals surface area (Å²) in [5, 5.41) is 6.90. The molecule has 0 spiro atoms. The molecule has 0 saturated heterocycles. The van der Waals surface area contributed by atoms with Crippen LogP contribution in [-0.2, 0) is 10.8 Å². The van der Waals surface area contributed by atoms with E-state index in [1.165, 1.54) is 11.1 Å². The standard InChI is InChI=1S/C122H95BN2OSi2/c1-121(2,3)96-70-94(71-97(79-96)122(4,5)6)90-63-67-112-116(77-90)125(98-72-92(85-41-18-8-19-42-85)69-93(73-98)86-43-20-9-21-44-86)117-80-99(124-114-61-36-34-59-109(114)110-60-35-37-62-115(110)124)81-119-120(117)123(112)113-68-64-91(78-118(113)126-119)95-75-106(127(100-50-26-12-27-51-100,101-52-28-13-29-53-101)104-58-38-49-89(74-104)84-39-16-7-17-40-84)82-107(76-95)128(102-54-30-14-31-55-102,103-56-32-15-33-57-103)105-65-66-108(87-45-22-10-23-46-87)111(83-105)88-47-24-11-25-48-88/h7-83H,1-6H3/i34D,35D,36D,37D,38D,49D,58D,59D,60D,61D,62D,74D. The summed E-state index contributed by atoms with van der Waals surface area (Å²) in [7, 11) is -8.27. The molecule has 20 aromatic rings. The van der Waals surface area contributed by atoms with Crippen LogP contribution in [0.5, 0.6) is 11.5 Å². The molecule has 0 bridgehead atoms. The Labute approximate surface area is 770 Å². The molecular weight excluding hydrogens is 1580 g/mol. The van der Waals surface area contributed by atoms with Crippen molar-refractivity contribution in [1.82, 2.24) is 4.57 Å². The van der Waals surface area contributed by atoms with Gasteiger partial charge >= 0.3 is 0 Å². The van der Waals surface area contributed by atoms with Crippen LogP contribution in [0.2, 0.25) is 0 Å². The van der Waals surface area contributed by atoms with Gasteiger partial charge in [-0.2, -0.15) is 0 Å². The summed E-state index contributed by atoms with van der Waals surface area (Å²) >= 11 is 0. The second-order valence-corrected chi connectivity index (χ2v) is 43.3.